The Morgan fingerprint density at radius 1 is 0.303 bits per heavy atom. The highest BCUT2D eigenvalue weighted by molar-refractivity contribution is 6.16. The highest BCUT2D eigenvalue weighted by Crippen LogP contribution is 2.63. The Balaban J connectivity index is 0.991. The van der Waals surface area contributed by atoms with E-state index in [4.69, 9.17) is 4.74 Å². The van der Waals surface area contributed by atoms with Crippen molar-refractivity contribution in [3.05, 3.63) is 313 Å². The van der Waals surface area contributed by atoms with Gasteiger partial charge in [0.25, 0.3) is 0 Å². The van der Waals surface area contributed by atoms with Crippen LogP contribution in [0.25, 0.3) is 83.1 Å². The van der Waals surface area contributed by atoms with Gasteiger partial charge < -0.3 is 14.2 Å². The molecule has 3 heteroatoms. The monoisotopic (exact) mass is 968 g/mol. The van der Waals surface area contributed by atoms with Crippen LogP contribution in [0.4, 0.5) is 17.1 Å². The number of hydrogen-bond acceptors (Lipinski definition) is 2. The van der Waals surface area contributed by atoms with Gasteiger partial charge in [0.05, 0.1) is 22.1 Å². The first-order valence-corrected chi connectivity index (χ1v) is 26.2. The number of rotatable bonds is 8. The minimum atomic E-state index is -0.642. The summed E-state index contributed by atoms with van der Waals surface area (Å²) in [6.45, 7) is 0. The number of hydrogen-bond donors (Lipinski definition) is 0. The summed E-state index contributed by atoms with van der Waals surface area (Å²) in [5.41, 5.74) is 22.6. The average Bonchev–Trinajstić information content (AvgIpc) is 4.00. The molecule has 1 aliphatic heterocycles. The second-order valence-electron chi connectivity index (χ2n) is 19.9. The second-order valence-corrected chi connectivity index (χ2v) is 19.9. The molecule has 0 amide bonds. The van der Waals surface area contributed by atoms with Crippen LogP contribution in [0.5, 0.6) is 11.5 Å². The lowest BCUT2D eigenvalue weighted by molar-refractivity contribution is 0.436. The highest BCUT2D eigenvalue weighted by Gasteiger charge is 2.51. The molecule has 0 radical (unpaired) electrons. The fraction of sp³-hybridized carbons (Fsp3) is 0.0137. The zero-order valence-corrected chi connectivity index (χ0v) is 41.5. The van der Waals surface area contributed by atoms with E-state index < -0.39 is 5.41 Å². The summed E-state index contributed by atoms with van der Waals surface area (Å²) < 4.78 is 9.19. The van der Waals surface area contributed by atoms with Crippen LogP contribution in [0.3, 0.4) is 0 Å². The predicted octanol–water partition coefficient (Wildman–Crippen LogP) is 19.4. The largest absolute Gasteiger partial charge is 0.457 e. The van der Waals surface area contributed by atoms with Gasteiger partial charge in [0.2, 0.25) is 0 Å². The fourth-order valence-corrected chi connectivity index (χ4v) is 12.8. The van der Waals surface area contributed by atoms with Crippen LogP contribution in [0.15, 0.2) is 291 Å². The van der Waals surface area contributed by atoms with Crippen molar-refractivity contribution < 1.29 is 4.74 Å². The molecule has 13 aromatic rings. The third-order valence-electron chi connectivity index (χ3n) is 15.9. The van der Waals surface area contributed by atoms with Crippen LogP contribution in [0, 0.1) is 0 Å². The average molecular weight is 969 g/mol. The summed E-state index contributed by atoms with van der Waals surface area (Å²) in [6.07, 6.45) is 0. The van der Waals surface area contributed by atoms with Crippen molar-refractivity contribution in [1.29, 1.82) is 0 Å². The third-order valence-corrected chi connectivity index (χ3v) is 15.9. The maximum absolute atomic E-state index is 6.79. The Hall–Kier alpha value is -9.96. The van der Waals surface area contributed by atoms with Crippen LogP contribution in [0.1, 0.15) is 22.3 Å². The lowest BCUT2D eigenvalue weighted by Gasteiger charge is -2.39. The van der Waals surface area contributed by atoms with Crippen molar-refractivity contribution in [1.82, 2.24) is 4.57 Å². The standard InChI is InChI=1S/C73H48N2O/c1-3-23-49(24-4-1)54-29-7-8-30-56(54)57-31-9-10-32-58(57)61-34-12-17-40-67(61)74(52-28-21-25-50(47-52)55-36-22-42-69-72(55)62-35-13-18-41-68(62)75(69)51-26-5-2-6-27-51)53-45-46-60-59-33-11-14-37-63(59)73(66(60)48-53)64-38-15-19-43-70(64)76-71-44-20-16-39-65(71)73/h1-48H. The molecule has 0 saturated carbocycles. The van der Waals surface area contributed by atoms with Crippen molar-refractivity contribution in [2.75, 3.05) is 4.90 Å². The van der Waals surface area contributed by atoms with Gasteiger partial charge >= 0.3 is 0 Å². The maximum Gasteiger partial charge on any atom is 0.132 e. The summed E-state index contributed by atoms with van der Waals surface area (Å²) in [5, 5.41) is 2.45. The first-order valence-electron chi connectivity index (χ1n) is 26.2. The molecular formula is C73H48N2O. The number of anilines is 3. The molecule has 1 aliphatic carbocycles. The highest BCUT2D eigenvalue weighted by atomic mass is 16.5. The van der Waals surface area contributed by atoms with Crippen LogP contribution >= 0.6 is 0 Å². The Labute approximate surface area is 442 Å². The Morgan fingerprint density at radius 2 is 0.803 bits per heavy atom. The van der Waals surface area contributed by atoms with E-state index in [9.17, 15) is 0 Å². The van der Waals surface area contributed by atoms with E-state index in [1.165, 1.54) is 71.9 Å². The minimum absolute atomic E-state index is 0.642. The molecule has 12 aromatic carbocycles. The Morgan fingerprint density at radius 3 is 1.55 bits per heavy atom. The molecule has 0 bridgehead atoms. The van der Waals surface area contributed by atoms with Gasteiger partial charge in [-0.15, -0.1) is 0 Å². The molecule has 0 saturated heterocycles. The van der Waals surface area contributed by atoms with Gasteiger partial charge in [-0.2, -0.15) is 0 Å². The molecule has 1 spiro atoms. The molecule has 1 aromatic heterocycles. The molecule has 0 fully saturated rings. The van der Waals surface area contributed by atoms with Gasteiger partial charge in [-0.05, 0) is 128 Å². The molecule has 356 valence electrons. The van der Waals surface area contributed by atoms with Crippen LogP contribution in [-0.4, -0.2) is 4.57 Å². The number of para-hydroxylation sites is 5. The van der Waals surface area contributed by atoms with E-state index in [1.807, 2.05) is 0 Å². The summed E-state index contributed by atoms with van der Waals surface area (Å²) in [4.78, 5) is 2.50. The number of aromatic nitrogens is 1. The summed E-state index contributed by atoms with van der Waals surface area (Å²) in [6, 6.07) is 106. The zero-order valence-electron chi connectivity index (χ0n) is 41.5. The number of ether oxygens (including phenoxy) is 1. The van der Waals surface area contributed by atoms with Crippen molar-refractivity contribution in [2.24, 2.45) is 0 Å². The second kappa shape index (κ2) is 17.6. The first-order chi connectivity index (χ1) is 37.7. The molecule has 2 aliphatic rings. The van der Waals surface area contributed by atoms with Gasteiger partial charge in [-0.3, -0.25) is 0 Å². The summed E-state index contributed by atoms with van der Waals surface area (Å²) >= 11 is 0. The van der Waals surface area contributed by atoms with Gasteiger partial charge in [0.15, 0.2) is 0 Å². The van der Waals surface area contributed by atoms with E-state index in [0.29, 0.717) is 0 Å². The van der Waals surface area contributed by atoms with Crippen molar-refractivity contribution >= 4 is 38.9 Å². The smallest absolute Gasteiger partial charge is 0.132 e. The van der Waals surface area contributed by atoms with E-state index in [0.717, 1.165) is 62.1 Å². The fourth-order valence-electron chi connectivity index (χ4n) is 12.8. The van der Waals surface area contributed by atoms with E-state index in [1.54, 1.807) is 0 Å². The van der Waals surface area contributed by atoms with Gasteiger partial charge in [-0.1, -0.05) is 224 Å². The summed E-state index contributed by atoms with van der Waals surface area (Å²) in [7, 11) is 0. The van der Waals surface area contributed by atoms with Crippen LogP contribution < -0.4 is 9.64 Å². The summed E-state index contributed by atoms with van der Waals surface area (Å²) in [5.74, 6) is 1.75. The quantitative estimate of drug-likeness (QED) is 0.151. The lowest BCUT2D eigenvalue weighted by Crippen LogP contribution is -2.32. The van der Waals surface area contributed by atoms with E-state index in [2.05, 4.69) is 301 Å². The lowest BCUT2D eigenvalue weighted by atomic mass is 9.66. The normalized spacial score (nSPS) is 12.7. The molecular weight excluding hydrogens is 921 g/mol. The molecule has 76 heavy (non-hydrogen) atoms. The molecule has 15 rings (SSSR count). The minimum Gasteiger partial charge on any atom is -0.457 e. The first kappa shape index (κ1) is 43.6. The van der Waals surface area contributed by atoms with Gasteiger partial charge in [-0.25, -0.2) is 0 Å². The predicted molar refractivity (Wildman–Crippen MR) is 315 cm³/mol. The van der Waals surface area contributed by atoms with Crippen molar-refractivity contribution in [2.45, 2.75) is 5.41 Å². The van der Waals surface area contributed by atoms with Gasteiger partial charge in [0.1, 0.15) is 11.5 Å². The Bertz CT molecular complexity index is 4350. The SMILES string of the molecule is c1ccc(-c2ccccc2-c2ccccc2-c2ccccc2N(c2cccc(-c3cccc4c3c3ccccc3n4-c3ccccc3)c2)c2ccc3c(c2)C2(c4ccccc4Oc4ccccc42)c2ccccc2-3)cc1. The Kier molecular flexibility index (Phi) is 10.1. The zero-order chi connectivity index (χ0) is 50.2. The number of benzene rings is 12. The van der Waals surface area contributed by atoms with Gasteiger partial charge in [0, 0.05) is 44.5 Å². The number of nitrogens with zero attached hydrogens (tertiary/aromatic N) is 2. The molecule has 2 heterocycles. The van der Waals surface area contributed by atoms with E-state index in [-0.39, 0.29) is 0 Å². The van der Waals surface area contributed by atoms with Crippen LogP contribution in [0.2, 0.25) is 0 Å². The van der Waals surface area contributed by atoms with Crippen LogP contribution in [-0.2, 0) is 5.41 Å². The van der Waals surface area contributed by atoms with Crippen molar-refractivity contribution in [3.63, 3.8) is 0 Å². The molecule has 3 nitrogen and oxygen atoms in total. The third kappa shape index (κ3) is 6.62. The van der Waals surface area contributed by atoms with Crippen molar-refractivity contribution in [3.8, 4) is 72.8 Å². The molecule has 0 unspecified atom stereocenters. The number of fused-ring (bicyclic) bond motifs is 12. The van der Waals surface area contributed by atoms with E-state index >= 15 is 0 Å². The molecule has 0 atom stereocenters. The maximum atomic E-state index is 6.79. The molecule has 0 N–H and O–H groups in total. The topological polar surface area (TPSA) is 17.4 Å².